The van der Waals surface area contributed by atoms with E-state index >= 15 is 0 Å². The summed E-state index contributed by atoms with van der Waals surface area (Å²) in [6.45, 7) is 11.6. The Balaban J connectivity index is 2.73. The molecule has 0 saturated heterocycles. The molecule has 0 unspecified atom stereocenters. The second-order valence-corrected chi connectivity index (χ2v) is 7.04. The van der Waals surface area contributed by atoms with Crippen LogP contribution in [0.5, 0.6) is 0 Å². The van der Waals surface area contributed by atoms with Gasteiger partial charge in [-0.15, -0.1) is 0 Å². The fourth-order valence-corrected chi connectivity index (χ4v) is 1.96. The molecule has 0 atom stereocenters. The summed E-state index contributed by atoms with van der Waals surface area (Å²) in [5.41, 5.74) is 0.991. The molecule has 0 bridgehead atoms. The highest BCUT2D eigenvalue weighted by atomic mass is 35.5. The molecule has 1 N–H and O–H groups in total. The standard InChI is InChI=1S/C15H23ClFN/c1-14(2,3)18-10-15(4,5)9-11-7-6-8-12(17)13(11)16/h6-8,18H,9-10H2,1-5H3. The predicted molar refractivity (Wildman–Crippen MR) is 76.7 cm³/mol. The summed E-state index contributed by atoms with van der Waals surface area (Å²) in [5.74, 6) is -0.339. The Bertz CT molecular complexity index is 407. The third-order valence-electron chi connectivity index (χ3n) is 2.80. The summed E-state index contributed by atoms with van der Waals surface area (Å²) in [6.07, 6.45) is 0.757. The average Bonchev–Trinajstić information content (AvgIpc) is 2.21. The van der Waals surface area contributed by atoms with E-state index in [9.17, 15) is 4.39 Å². The first kappa shape index (κ1) is 15.5. The Morgan fingerprint density at radius 2 is 1.78 bits per heavy atom. The maximum absolute atomic E-state index is 13.4. The smallest absolute Gasteiger partial charge is 0.142 e. The summed E-state index contributed by atoms with van der Waals surface area (Å²) in [5, 5.41) is 3.73. The summed E-state index contributed by atoms with van der Waals surface area (Å²) in [4.78, 5) is 0. The van der Waals surface area contributed by atoms with Gasteiger partial charge in [0.1, 0.15) is 5.82 Å². The van der Waals surface area contributed by atoms with Crippen molar-refractivity contribution in [1.82, 2.24) is 5.32 Å². The number of hydrogen-bond acceptors (Lipinski definition) is 1. The zero-order valence-corrected chi connectivity index (χ0v) is 12.7. The molecule has 18 heavy (non-hydrogen) atoms. The molecule has 1 aromatic rings. The van der Waals surface area contributed by atoms with Crippen molar-refractivity contribution in [2.75, 3.05) is 6.54 Å². The third-order valence-corrected chi connectivity index (χ3v) is 3.22. The van der Waals surface area contributed by atoms with Crippen molar-refractivity contribution in [2.24, 2.45) is 5.41 Å². The van der Waals surface area contributed by atoms with Gasteiger partial charge in [-0.2, -0.15) is 0 Å². The van der Waals surface area contributed by atoms with Crippen molar-refractivity contribution in [3.63, 3.8) is 0 Å². The second-order valence-electron chi connectivity index (χ2n) is 6.66. The normalized spacial score (nSPS) is 12.8. The summed E-state index contributed by atoms with van der Waals surface area (Å²) >= 11 is 5.99. The third kappa shape index (κ3) is 4.95. The van der Waals surface area contributed by atoms with Crippen LogP contribution in [0.1, 0.15) is 40.2 Å². The van der Waals surface area contributed by atoms with E-state index in [2.05, 4.69) is 39.9 Å². The van der Waals surface area contributed by atoms with Gasteiger partial charge in [-0.1, -0.05) is 37.6 Å². The molecule has 1 nitrogen and oxygen atoms in total. The SMILES string of the molecule is CC(C)(CNC(C)(C)C)Cc1cccc(F)c1Cl. The van der Waals surface area contributed by atoms with Crippen LogP contribution in [0.25, 0.3) is 0 Å². The van der Waals surface area contributed by atoms with Crippen LogP contribution < -0.4 is 5.32 Å². The first-order chi connectivity index (χ1) is 8.11. The van der Waals surface area contributed by atoms with Gasteiger partial charge < -0.3 is 5.32 Å². The van der Waals surface area contributed by atoms with Crippen LogP contribution in [-0.2, 0) is 6.42 Å². The Morgan fingerprint density at radius 1 is 1.17 bits per heavy atom. The molecule has 0 spiro atoms. The number of hydrogen-bond donors (Lipinski definition) is 1. The molecule has 0 aromatic heterocycles. The summed E-state index contributed by atoms with van der Waals surface area (Å²) in [6, 6.07) is 5.00. The molecule has 102 valence electrons. The number of nitrogens with one attached hydrogen (secondary N) is 1. The van der Waals surface area contributed by atoms with Crippen LogP contribution in [-0.4, -0.2) is 12.1 Å². The van der Waals surface area contributed by atoms with Crippen molar-refractivity contribution < 1.29 is 4.39 Å². The van der Waals surface area contributed by atoms with Gasteiger partial charge in [-0.05, 0) is 44.2 Å². The molecule has 0 aliphatic rings. The van der Waals surface area contributed by atoms with Crippen LogP contribution in [0.3, 0.4) is 0 Å². The summed E-state index contributed by atoms with van der Waals surface area (Å²) in [7, 11) is 0. The average molecular weight is 272 g/mol. The quantitative estimate of drug-likeness (QED) is 0.854. The van der Waals surface area contributed by atoms with Crippen molar-refractivity contribution in [3.05, 3.63) is 34.6 Å². The van der Waals surface area contributed by atoms with Gasteiger partial charge >= 0.3 is 0 Å². The Hall–Kier alpha value is -0.600. The minimum absolute atomic E-state index is 0.0325. The Kier molecular flexibility index (Phi) is 4.79. The van der Waals surface area contributed by atoms with E-state index < -0.39 is 0 Å². The molecule has 0 aliphatic carbocycles. The van der Waals surface area contributed by atoms with E-state index in [1.54, 1.807) is 6.07 Å². The molecule has 1 aromatic carbocycles. The highest BCUT2D eigenvalue weighted by Crippen LogP contribution is 2.28. The van der Waals surface area contributed by atoms with Gasteiger partial charge in [-0.25, -0.2) is 4.39 Å². The fourth-order valence-electron chi connectivity index (χ4n) is 1.77. The maximum atomic E-state index is 13.4. The van der Waals surface area contributed by atoms with Gasteiger partial charge in [0.2, 0.25) is 0 Å². The largest absolute Gasteiger partial charge is 0.312 e. The lowest BCUT2D eigenvalue weighted by Crippen LogP contribution is -2.42. The second kappa shape index (κ2) is 5.58. The van der Waals surface area contributed by atoms with Gasteiger partial charge in [-0.3, -0.25) is 0 Å². The van der Waals surface area contributed by atoms with Crippen molar-refractivity contribution in [3.8, 4) is 0 Å². The number of halogens is 2. The van der Waals surface area contributed by atoms with E-state index in [-0.39, 0.29) is 21.8 Å². The van der Waals surface area contributed by atoms with Gasteiger partial charge in [0, 0.05) is 12.1 Å². The molecule has 1 rings (SSSR count). The van der Waals surface area contributed by atoms with Gasteiger partial charge in [0.05, 0.1) is 5.02 Å². The van der Waals surface area contributed by atoms with Crippen molar-refractivity contribution in [2.45, 2.75) is 46.6 Å². The monoisotopic (exact) mass is 271 g/mol. The first-order valence-corrected chi connectivity index (χ1v) is 6.66. The van der Waals surface area contributed by atoms with Crippen LogP contribution in [0, 0.1) is 11.2 Å². The highest BCUT2D eigenvalue weighted by Gasteiger charge is 2.23. The molecule has 0 radical (unpaired) electrons. The predicted octanol–water partition coefficient (Wildman–Crippen LogP) is 4.44. The van der Waals surface area contributed by atoms with Crippen molar-refractivity contribution >= 4 is 11.6 Å². The van der Waals surface area contributed by atoms with E-state index in [0.29, 0.717) is 0 Å². The molecular weight excluding hydrogens is 249 g/mol. The van der Waals surface area contributed by atoms with E-state index in [4.69, 9.17) is 11.6 Å². The lowest BCUT2D eigenvalue weighted by Gasteiger charge is -2.31. The lowest BCUT2D eigenvalue weighted by molar-refractivity contribution is 0.288. The topological polar surface area (TPSA) is 12.0 Å². The lowest BCUT2D eigenvalue weighted by atomic mass is 9.85. The molecule has 0 saturated carbocycles. The zero-order valence-electron chi connectivity index (χ0n) is 11.9. The van der Waals surface area contributed by atoms with Gasteiger partial charge in [0.25, 0.3) is 0 Å². The maximum Gasteiger partial charge on any atom is 0.142 e. The van der Waals surface area contributed by atoms with Crippen molar-refractivity contribution in [1.29, 1.82) is 0 Å². The van der Waals surface area contributed by atoms with E-state index in [1.807, 2.05) is 6.07 Å². The van der Waals surface area contributed by atoms with E-state index in [0.717, 1.165) is 18.5 Å². The highest BCUT2D eigenvalue weighted by molar-refractivity contribution is 6.31. The fraction of sp³-hybridized carbons (Fsp3) is 0.600. The van der Waals surface area contributed by atoms with Crippen LogP contribution in [0.4, 0.5) is 4.39 Å². The van der Waals surface area contributed by atoms with Gasteiger partial charge in [0.15, 0.2) is 0 Å². The van der Waals surface area contributed by atoms with E-state index in [1.165, 1.54) is 6.07 Å². The Morgan fingerprint density at radius 3 is 2.33 bits per heavy atom. The number of benzene rings is 1. The van der Waals surface area contributed by atoms with Crippen LogP contribution >= 0.6 is 11.6 Å². The molecule has 0 fully saturated rings. The molecular formula is C15H23ClFN. The minimum atomic E-state index is -0.339. The molecule has 3 heteroatoms. The first-order valence-electron chi connectivity index (χ1n) is 6.29. The zero-order chi connectivity index (χ0) is 14.0. The molecule has 0 heterocycles. The molecule has 0 amide bonds. The molecule has 0 aliphatic heterocycles. The Labute approximate surface area is 115 Å². The minimum Gasteiger partial charge on any atom is -0.312 e. The number of rotatable bonds is 4. The van der Waals surface area contributed by atoms with Crippen LogP contribution in [0.2, 0.25) is 5.02 Å². The summed E-state index contributed by atoms with van der Waals surface area (Å²) < 4.78 is 13.4. The van der Waals surface area contributed by atoms with Crippen LogP contribution in [0.15, 0.2) is 18.2 Å².